The monoisotopic (exact) mass is 420 g/mol. The summed E-state index contributed by atoms with van der Waals surface area (Å²) in [4.78, 5) is 13.2. The average molecular weight is 421 g/mol. The third-order valence-electron chi connectivity index (χ3n) is 5.59. The molecule has 0 radical (unpaired) electrons. The van der Waals surface area contributed by atoms with E-state index in [-0.39, 0.29) is 42.1 Å². The minimum absolute atomic E-state index is 0. The highest BCUT2D eigenvalue weighted by molar-refractivity contribution is 5.85. The summed E-state index contributed by atoms with van der Waals surface area (Å²) in [5.74, 6) is 1.87. The van der Waals surface area contributed by atoms with Gasteiger partial charge < -0.3 is 20.1 Å². The van der Waals surface area contributed by atoms with Crippen molar-refractivity contribution >= 4 is 18.3 Å². The minimum atomic E-state index is -0.109. The second-order valence-electron chi connectivity index (χ2n) is 7.95. The van der Waals surface area contributed by atoms with Gasteiger partial charge in [0.25, 0.3) is 0 Å². The Morgan fingerprint density at radius 1 is 1.24 bits per heavy atom. The van der Waals surface area contributed by atoms with Gasteiger partial charge in [0, 0.05) is 32.3 Å². The van der Waals surface area contributed by atoms with E-state index in [9.17, 15) is 4.79 Å². The summed E-state index contributed by atoms with van der Waals surface area (Å²) in [5.41, 5.74) is 2.14. The molecule has 8 heteroatoms. The molecule has 158 valence electrons. The van der Waals surface area contributed by atoms with E-state index in [1.165, 1.54) is 0 Å². The molecule has 0 bridgehead atoms. The van der Waals surface area contributed by atoms with Gasteiger partial charge in [-0.05, 0) is 29.2 Å². The predicted molar refractivity (Wildman–Crippen MR) is 113 cm³/mol. The number of rotatable bonds is 5. The van der Waals surface area contributed by atoms with Crippen LogP contribution in [0.2, 0.25) is 0 Å². The summed E-state index contributed by atoms with van der Waals surface area (Å²) in [6, 6.07) is 5.86. The lowest BCUT2D eigenvalue weighted by molar-refractivity contribution is -0.125. The van der Waals surface area contributed by atoms with E-state index in [1.54, 1.807) is 4.68 Å². The van der Waals surface area contributed by atoms with Crippen molar-refractivity contribution in [2.24, 2.45) is 18.9 Å². The number of aryl methyl sites for hydroxylation is 1. The van der Waals surface area contributed by atoms with E-state index >= 15 is 0 Å². The topological polar surface area (TPSA) is 77.4 Å². The van der Waals surface area contributed by atoms with Gasteiger partial charge in [-0.1, -0.05) is 19.9 Å². The summed E-state index contributed by atoms with van der Waals surface area (Å²) < 4.78 is 13.1. The Hall–Kier alpha value is -2.25. The van der Waals surface area contributed by atoms with Gasteiger partial charge in [0.1, 0.15) is 13.2 Å². The Bertz CT molecular complexity index is 854. The first-order chi connectivity index (χ1) is 13.5. The molecule has 29 heavy (non-hydrogen) atoms. The van der Waals surface area contributed by atoms with Crippen molar-refractivity contribution in [2.45, 2.75) is 25.8 Å². The van der Waals surface area contributed by atoms with Crippen LogP contribution in [-0.2, 0) is 11.8 Å². The Morgan fingerprint density at radius 3 is 2.69 bits per heavy atom. The number of halogens is 1. The molecule has 1 fully saturated rings. The maximum absolute atomic E-state index is 13.2. The predicted octanol–water partition coefficient (Wildman–Crippen LogP) is 2.43. The molecule has 7 nitrogen and oxygen atoms in total. The third-order valence-corrected chi connectivity index (χ3v) is 5.59. The Labute approximate surface area is 177 Å². The summed E-state index contributed by atoms with van der Waals surface area (Å²) in [5, 5.41) is 10.9. The van der Waals surface area contributed by atoms with E-state index in [1.807, 2.05) is 37.6 Å². The van der Waals surface area contributed by atoms with Crippen molar-refractivity contribution in [2.75, 3.05) is 26.3 Å². The standard InChI is InChI=1S/C21H28N4O3.ClH/c1-13(2)20(14-4-5-18-19(8-14)28-7-6-27-18)24-21(26)17-11-22-10-16(17)15-9-23-25(3)12-15;/h4-5,8-9,12-13,16-17,20,22H,6-7,10-11H2,1-3H3,(H,24,26);1H/t16-,17+,20?;/m1./s1. The fourth-order valence-electron chi connectivity index (χ4n) is 4.08. The molecular formula is C21H29ClN4O3. The van der Waals surface area contributed by atoms with Crippen LogP contribution in [0, 0.1) is 11.8 Å². The molecule has 0 spiro atoms. The first kappa shape index (κ1) is 21.5. The number of hydrogen-bond donors (Lipinski definition) is 2. The highest BCUT2D eigenvalue weighted by Gasteiger charge is 2.36. The van der Waals surface area contributed by atoms with Crippen LogP contribution in [0.3, 0.4) is 0 Å². The molecular weight excluding hydrogens is 392 g/mol. The van der Waals surface area contributed by atoms with Crippen molar-refractivity contribution in [3.8, 4) is 11.5 Å². The third kappa shape index (κ3) is 4.51. The first-order valence-corrected chi connectivity index (χ1v) is 9.92. The zero-order valence-corrected chi connectivity index (χ0v) is 17.9. The van der Waals surface area contributed by atoms with E-state index in [0.29, 0.717) is 19.8 Å². The number of hydrogen-bond acceptors (Lipinski definition) is 5. The minimum Gasteiger partial charge on any atom is -0.486 e. The van der Waals surface area contributed by atoms with Crippen LogP contribution >= 0.6 is 12.4 Å². The van der Waals surface area contributed by atoms with Gasteiger partial charge in [0.2, 0.25) is 5.91 Å². The number of nitrogens with one attached hydrogen (secondary N) is 2. The highest BCUT2D eigenvalue weighted by Crippen LogP contribution is 2.35. The van der Waals surface area contributed by atoms with Crippen LogP contribution in [0.15, 0.2) is 30.6 Å². The molecule has 0 saturated carbocycles. The average Bonchev–Trinajstić information content (AvgIpc) is 3.34. The largest absolute Gasteiger partial charge is 0.486 e. The number of fused-ring (bicyclic) bond motifs is 1. The van der Waals surface area contributed by atoms with E-state index in [2.05, 4.69) is 29.6 Å². The van der Waals surface area contributed by atoms with E-state index < -0.39 is 0 Å². The maximum atomic E-state index is 13.2. The second-order valence-corrected chi connectivity index (χ2v) is 7.95. The fourth-order valence-corrected chi connectivity index (χ4v) is 4.08. The van der Waals surface area contributed by atoms with E-state index in [0.717, 1.165) is 29.2 Å². The van der Waals surface area contributed by atoms with Crippen molar-refractivity contribution < 1.29 is 14.3 Å². The van der Waals surface area contributed by atoms with Gasteiger partial charge in [-0.2, -0.15) is 5.10 Å². The highest BCUT2D eigenvalue weighted by atomic mass is 35.5. The second kappa shape index (κ2) is 9.05. The van der Waals surface area contributed by atoms with Crippen molar-refractivity contribution in [3.63, 3.8) is 0 Å². The molecule has 1 amide bonds. The van der Waals surface area contributed by atoms with Gasteiger partial charge in [-0.15, -0.1) is 12.4 Å². The number of amides is 1. The Kier molecular flexibility index (Phi) is 6.70. The number of carbonyl (C=O) groups is 1. The molecule has 2 aliphatic rings. The fraction of sp³-hybridized carbons (Fsp3) is 0.524. The molecule has 2 N–H and O–H groups in total. The van der Waals surface area contributed by atoms with Crippen molar-refractivity contribution in [1.82, 2.24) is 20.4 Å². The van der Waals surface area contributed by atoms with Crippen LogP contribution in [0.1, 0.15) is 36.9 Å². The number of benzene rings is 1. The smallest absolute Gasteiger partial charge is 0.225 e. The lowest BCUT2D eigenvalue weighted by atomic mass is 9.88. The van der Waals surface area contributed by atoms with Crippen LogP contribution < -0.4 is 20.1 Å². The van der Waals surface area contributed by atoms with Crippen LogP contribution in [0.5, 0.6) is 11.5 Å². The summed E-state index contributed by atoms with van der Waals surface area (Å²) in [6.45, 7) is 6.83. The normalized spacial score (nSPS) is 21.5. The molecule has 4 rings (SSSR count). The van der Waals surface area contributed by atoms with Crippen LogP contribution in [0.4, 0.5) is 0 Å². The lowest BCUT2D eigenvalue weighted by Crippen LogP contribution is -2.38. The van der Waals surface area contributed by atoms with Crippen LogP contribution in [-0.4, -0.2) is 42.0 Å². The van der Waals surface area contributed by atoms with Crippen LogP contribution in [0.25, 0.3) is 0 Å². The van der Waals surface area contributed by atoms with E-state index in [4.69, 9.17) is 9.47 Å². The van der Waals surface area contributed by atoms with Gasteiger partial charge >= 0.3 is 0 Å². The molecule has 1 unspecified atom stereocenters. The molecule has 3 heterocycles. The zero-order chi connectivity index (χ0) is 19.7. The molecule has 0 aliphatic carbocycles. The van der Waals surface area contributed by atoms with Gasteiger partial charge in [0.05, 0.1) is 18.2 Å². The SMILES string of the molecule is CC(C)C(NC(=O)[C@H]1CNC[C@@H]1c1cnn(C)c1)c1ccc2c(c1)OCCO2.Cl. The summed E-state index contributed by atoms with van der Waals surface area (Å²) in [6.07, 6.45) is 3.86. The molecule has 1 saturated heterocycles. The number of carbonyl (C=O) groups excluding carboxylic acids is 1. The van der Waals surface area contributed by atoms with Gasteiger partial charge in [0.15, 0.2) is 11.5 Å². The molecule has 2 aliphatic heterocycles. The quantitative estimate of drug-likeness (QED) is 0.776. The lowest BCUT2D eigenvalue weighted by Gasteiger charge is -2.27. The Morgan fingerprint density at radius 2 is 2.00 bits per heavy atom. The molecule has 1 aromatic carbocycles. The summed E-state index contributed by atoms with van der Waals surface area (Å²) in [7, 11) is 1.90. The number of ether oxygens (including phenoxy) is 2. The summed E-state index contributed by atoms with van der Waals surface area (Å²) >= 11 is 0. The molecule has 1 aromatic heterocycles. The molecule has 2 aromatic rings. The van der Waals surface area contributed by atoms with Gasteiger partial charge in [-0.3, -0.25) is 9.48 Å². The Balaban J connectivity index is 0.00000240. The maximum Gasteiger partial charge on any atom is 0.225 e. The van der Waals surface area contributed by atoms with Gasteiger partial charge in [-0.25, -0.2) is 0 Å². The van der Waals surface area contributed by atoms with Crippen molar-refractivity contribution in [1.29, 1.82) is 0 Å². The zero-order valence-electron chi connectivity index (χ0n) is 17.1. The number of aromatic nitrogens is 2. The number of nitrogens with zero attached hydrogens (tertiary/aromatic N) is 2. The molecule has 3 atom stereocenters. The van der Waals surface area contributed by atoms with Crippen molar-refractivity contribution in [3.05, 3.63) is 41.7 Å². The first-order valence-electron chi connectivity index (χ1n) is 9.92.